The zero-order valence-electron chi connectivity index (χ0n) is 10.6. The molecule has 1 atom stereocenters. The number of hydrogen-bond acceptors (Lipinski definition) is 3. The summed E-state index contributed by atoms with van der Waals surface area (Å²) in [6, 6.07) is 4.10. The number of pyridine rings is 1. The molecule has 1 aromatic heterocycles. The van der Waals surface area contributed by atoms with Gasteiger partial charge in [-0.2, -0.15) is 0 Å². The Kier molecular flexibility index (Phi) is 7.90. The number of thioether (sulfide) groups is 1. The summed E-state index contributed by atoms with van der Waals surface area (Å²) < 4.78 is 1.03. The molecule has 1 rings (SSSR count). The van der Waals surface area contributed by atoms with E-state index in [0.717, 1.165) is 22.6 Å². The minimum atomic E-state index is 0.560. The van der Waals surface area contributed by atoms with Gasteiger partial charge in [-0.05, 0) is 41.0 Å². The van der Waals surface area contributed by atoms with Gasteiger partial charge in [0.15, 0.2) is 0 Å². The van der Waals surface area contributed by atoms with Gasteiger partial charge in [0, 0.05) is 22.5 Å². The molecule has 1 aromatic rings. The van der Waals surface area contributed by atoms with Crippen molar-refractivity contribution in [3.05, 3.63) is 22.8 Å². The van der Waals surface area contributed by atoms with E-state index in [1.807, 2.05) is 24.0 Å². The third-order valence-electron chi connectivity index (χ3n) is 2.41. The molecular weight excluding hydrogens is 296 g/mol. The first-order valence-electron chi connectivity index (χ1n) is 6.21. The van der Waals surface area contributed by atoms with Crippen LogP contribution in [0.25, 0.3) is 0 Å². The molecule has 1 N–H and O–H groups in total. The van der Waals surface area contributed by atoms with Crippen LogP contribution in [-0.2, 0) is 0 Å². The molecule has 0 aliphatic carbocycles. The Morgan fingerprint density at radius 3 is 2.88 bits per heavy atom. The molecular formula is C13H21BrN2S. The fraction of sp³-hybridized carbons (Fsp3) is 0.615. The van der Waals surface area contributed by atoms with E-state index in [-0.39, 0.29) is 0 Å². The molecule has 17 heavy (non-hydrogen) atoms. The molecule has 0 bridgehead atoms. The number of nitrogens with zero attached hydrogens (tertiary/aromatic N) is 1. The zero-order chi connectivity index (χ0) is 12.5. The highest BCUT2D eigenvalue weighted by Gasteiger charge is 2.04. The van der Waals surface area contributed by atoms with Crippen molar-refractivity contribution in [3.8, 4) is 0 Å². The van der Waals surface area contributed by atoms with Crippen molar-refractivity contribution < 1.29 is 0 Å². The highest BCUT2D eigenvalue weighted by molar-refractivity contribution is 9.10. The number of nitrogens with one attached hydrogen (secondary N) is 1. The van der Waals surface area contributed by atoms with Gasteiger partial charge in [-0.15, -0.1) is 11.8 Å². The van der Waals surface area contributed by atoms with Gasteiger partial charge in [-0.25, -0.2) is 4.98 Å². The summed E-state index contributed by atoms with van der Waals surface area (Å²) >= 11 is 5.22. The Labute approximate surface area is 117 Å². The summed E-state index contributed by atoms with van der Waals surface area (Å²) in [6.07, 6.45) is 5.74. The molecule has 0 amide bonds. The first kappa shape index (κ1) is 15.0. The fourth-order valence-corrected chi connectivity index (χ4v) is 2.59. The third-order valence-corrected chi connectivity index (χ3v) is 3.93. The topological polar surface area (TPSA) is 24.9 Å². The molecule has 0 aromatic carbocycles. The number of hydrogen-bond donors (Lipinski definition) is 1. The van der Waals surface area contributed by atoms with Crippen LogP contribution in [-0.4, -0.2) is 23.3 Å². The van der Waals surface area contributed by atoms with Crippen LogP contribution in [0.5, 0.6) is 0 Å². The largest absolute Gasteiger partial charge is 0.316 e. The van der Waals surface area contributed by atoms with E-state index in [1.54, 1.807) is 0 Å². The number of aromatic nitrogens is 1. The molecule has 1 unspecified atom stereocenters. The third kappa shape index (κ3) is 7.06. The van der Waals surface area contributed by atoms with E-state index in [4.69, 9.17) is 0 Å². The molecule has 0 spiro atoms. The second-order valence-corrected chi connectivity index (χ2v) is 6.53. The predicted molar refractivity (Wildman–Crippen MR) is 79.7 cm³/mol. The maximum atomic E-state index is 4.36. The lowest BCUT2D eigenvalue weighted by molar-refractivity contribution is 0.615. The van der Waals surface area contributed by atoms with Gasteiger partial charge in [-0.1, -0.05) is 26.7 Å². The standard InChI is InChI=1S/C13H21BrN2S/c1-3-4-5-8-15-9-11(2)17-13-7-6-12(14)10-16-13/h6-7,10-11,15H,3-5,8-9H2,1-2H3. The van der Waals surface area contributed by atoms with Crippen molar-refractivity contribution in [1.29, 1.82) is 0 Å². The van der Waals surface area contributed by atoms with Gasteiger partial charge >= 0.3 is 0 Å². The van der Waals surface area contributed by atoms with Crippen LogP contribution in [0.4, 0.5) is 0 Å². The quantitative estimate of drug-likeness (QED) is 0.577. The maximum absolute atomic E-state index is 4.36. The summed E-state index contributed by atoms with van der Waals surface area (Å²) in [7, 11) is 0. The van der Waals surface area contributed by atoms with Gasteiger partial charge < -0.3 is 5.32 Å². The Morgan fingerprint density at radius 2 is 2.24 bits per heavy atom. The highest BCUT2D eigenvalue weighted by atomic mass is 79.9. The smallest absolute Gasteiger partial charge is 0.0963 e. The summed E-state index contributed by atoms with van der Waals surface area (Å²) in [5.74, 6) is 0. The van der Waals surface area contributed by atoms with E-state index in [1.165, 1.54) is 19.3 Å². The van der Waals surface area contributed by atoms with E-state index >= 15 is 0 Å². The lowest BCUT2D eigenvalue weighted by Gasteiger charge is -2.11. The van der Waals surface area contributed by atoms with Crippen LogP contribution in [0.15, 0.2) is 27.8 Å². The Hall–Kier alpha value is -0.0600. The van der Waals surface area contributed by atoms with Crippen molar-refractivity contribution in [1.82, 2.24) is 10.3 Å². The average Bonchev–Trinajstić information content (AvgIpc) is 2.32. The van der Waals surface area contributed by atoms with E-state index in [9.17, 15) is 0 Å². The zero-order valence-corrected chi connectivity index (χ0v) is 13.0. The van der Waals surface area contributed by atoms with Gasteiger partial charge in [0.25, 0.3) is 0 Å². The molecule has 0 aliphatic heterocycles. The van der Waals surface area contributed by atoms with E-state index < -0.39 is 0 Å². The lowest BCUT2D eigenvalue weighted by atomic mass is 10.2. The molecule has 2 nitrogen and oxygen atoms in total. The molecule has 0 saturated heterocycles. The number of halogens is 1. The van der Waals surface area contributed by atoms with Crippen molar-refractivity contribution in [3.63, 3.8) is 0 Å². The van der Waals surface area contributed by atoms with Gasteiger partial charge in [0.05, 0.1) is 5.03 Å². The van der Waals surface area contributed by atoms with Crippen molar-refractivity contribution in [2.24, 2.45) is 0 Å². The van der Waals surface area contributed by atoms with Crippen LogP contribution >= 0.6 is 27.7 Å². The second-order valence-electron chi connectivity index (χ2n) is 4.15. The van der Waals surface area contributed by atoms with Crippen molar-refractivity contribution in [2.45, 2.75) is 43.4 Å². The second kappa shape index (κ2) is 8.95. The van der Waals surface area contributed by atoms with E-state index in [0.29, 0.717) is 5.25 Å². The number of unbranched alkanes of at least 4 members (excludes halogenated alkanes) is 2. The van der Waals surface area contributed by atoms with Gasteiger partial charge in [0.2, 0.25) is 0 Å². The average molecular weight is 317 g/mol. The van der Waals surface area contributed by atoms with Crippen LogP contribution in [0.3, 0.4) is 0 Å². The Morgan fingerprint density at radius 1 is 1.41 bits per heavy atom. The van der Waals surface area contributed by atoms with Gasteiger partial charge in [0.1, 0.15) is 0 Å². The minimum absolute atomic E-state index is 0.560. The molecule has 1 heterocycles. The first-order chi connectivity index (χ1) is 8.22. The Balaban J connectivity index is 2.16. The minimum Gasteiger partial charge on any atom is -0.316 e. The lowest BCUT2D eigenvalue weighted by Crippen LogP contribution is -2.23. The normalized spacial score (nSPS) is 12.6. The maximum Gasteiger partial charge on any atom is 0.0963 e. The Bertz CT molecular complexity index is 303. The molecule has 0 fully saturated rings. The fourth-order valence-electron chi connectivity index (χ4n) is 1.49. The number of rotatable bonds is 8. The summed E-state index contributed by atoms with van der Waals surface area (Å²) in [4.78, 5) is 4.36. The molecule has 0 saturated carbocycles. The van der Waals surface area contributed by atoms with Gasteiger partial charge in [-0.3, -0.25) is 0 Å². The van der Waals surface area contributed by atoms with Crippen LogP contribution < -0.4 is 5.32 Å². The molecule has 4 heteroatoms. The first-order valence-corrected chi connectivity index (χ1v) is 7.88. The summed E-state index contributed by atoms with van der Waals surface area (Å²) in [5.41, 5.74) is 0. The monoisotopic (exact) mass is 316 g/mol. The molecule has 0 aliphatic rings. The predicted octanol–water partition coefficient (Wildman–Crippen LogP) is 4.10. The van der Waals surface area contributed by atoms with Crippen LogP contribution in [0, 0.1) is 0 Å². The SMILES string of the molecule is CCCCCNCC(C)Sc1ccc(Br)cn1. The van der Waals surface area contributed by atoms with Crippen LogP contribution in [0.2, 0.25) is 0 Å². The summed E-state index contributed by atoms with van der Waals surface area (Å²) in [6.45, 7) is 6.65. The van der Waals surface area contributed by atoms with E-state index in [2.05, 4.69) is 46.1 Å². The molecule has 96 valence electrons. The molecule has 0 radical (unpaired) electrons. The van der Waals surface area contributed by atoms with Crippen LogP contribution in [0.1, 0.15) is 33.1 Å². The highest BCUT2D eigenvalue weighted by Crippen LogP contribution is 2.21. The summed E-state index contributed by atoms with van der Waals surface area (Å²) in [5, 5.41) is 5.15. The van der Waals surface area contributed by atoms with Crippen molar-refractivity contribution in [2.75, 3.05) is 13.1 Å². The van der Waals surface area contributed by atoms with Crippen molar-refractivity contribution >= 4 is 27.7 Å².